The summed E-state index contributed by atoms with van der Waals surface area (Å²) in [5.41, 5.74) is 0.897. The second kappa shape index (κ2) is 6.38. The lowest BCUT2D eigenvalue weighted by Gasteiger charge is -2.32. The Labute approximate surface area is 115 Å². The van der Waals surface area contributed by atoms with Crippen molar-refractivity contribution in [2.45, 2.75) is 45.8 Å². The quantitative estimate of drug-likeness (QED) is 0.895. The van der Waals surface area contributed by atoms with Gasteiger partial charge in [-0.15, -0.1) is 0 Å². The molecule has 0 aromatic heterocycles. The number of halogens is 1. The second-order valence-electron chi connectivity index (χ2n) is 5.77. The first-order valence-corrected chi connectivity index (χ1v) is 7.20. The third kappa shape index (κ3) is 3.47. The number of hydrogen-bond acceptors (Lipinski definition) is 2. The first kappa shape index (κ1) is 14.3. The molecule has 2 nitrogen and oxygen atoms in total. The van der Waals surface area contributed by atoms with Crippen molar-refractivity contribution < 1.29 is 9.13 Å². The topological polar surface area (TPSA) is 21.3 Å². The van der Waals surface area contributed by atoms with Crippen molar-refractivity contribution in [1.29, 1.82) is 0 Å². The Balaban J connectivity index is 2.10. The lowest BCUT2D eigenvalue weighted by atomic mass is 9.80. The van der Waals surface area contributed by atoms with Gasteiger partial charge in [0.1, 0.15) is 0 Å². The van der Waals surface area contributed by atoms with Crippen LogP contribution in [0.5, 0.6) is 5.75 Å². The maximum absolute atomic E-state index is 13.9. The largest absolute Gasteiger partial charge is 0.487 e. The smallest absolute Gasteiger partial charge is 0.165 e. The minimum Gasteiger partial charge on any atom is -0.487 e. The third-order valence-corrected chi connectivity index (χ3v) is 4.25. The molecule has 1 fully saturated rings. The molecule has 3 unspecified atom stereocenters. The Morgan fingerprint density at radius 1 is 1.26 bits per heavy atom. The van der Waals surface area contributed by atoms with E-state index in [2.05, 4.69) is 19.2 Å². The van der Waals surface area contributed by atoms with Gasteiger partial charge in [0, 0.05) is 12.1 Å². The first-order valence-electron chi connectivity index (χ1n) is 7.20. The highest BCUT2D eigenvalue weighted by atomic mass is 19.1. The van der Waals surface area contributed by atoms with Crippen LogP contribution in [-0.2, 0) is 6.54 Å². The molecule has 1 N–H and O–H groups in total. The normalized spacial score (nSPS) is 27.3. The van der Waals surface area contributed by atoms with E-state index in [1.54, 1.807) is 6.07 Å². The molecule has 0 bridgehead atoms. The predicted molar refractivity (Wildman–Crippen MR) is 75.8 cm³/mol. The number of rotatable bonds is 4. The van der Waals surface area contributed by atoms with Gasteiger partial charge in [0.15, 0.2) is 11.6 Å². The zero-order valence-electron chi connectivity index (χ0n) is 12.1. The standard InChI is InChI=1S/C16H24FNO/c1-11-7-8-14(9-12(11)2)19-16-13(10-18-3)5-4-6-15(16)17/h4-6,11-12,14,18H,7-10H2,1-3H3. The van der Waals surface area contributed by atoms with E-state index in [4.69, 9.17) is 4.74 Å². The van der Waals surface area contributed by atoms with E-state index in [-0.39, 0.29) is 11.9 Å². The van der Waals surface area contributed by atoms with Crippen LogP contribution in [0.3, 0.4) is 0 Å². The lowest BCUT2D eigenvalue weighted by Crippen LogP contribution is -2.29. The Bertz CT molecular complexity index is 421. The van der Waals surface area contributed by atoms with E-state index >= 15 is 0 Å². The van der Waals surface area contributed by atoms with E-state index in [0.29, 0.717) is 18.2 Å². The van der Waals surface area contributed by atoms with Gasteiger partial charge in [-0.2, -0.15) is 0 Å². The summed E-state index contributed by atoms with van der Waals surface area (Å²) < 4.78 is 19.9. The molecule has 0 saturated heterocycles. The SMILES string of the molecule is CNCc1cccc(F)c1OC1CCC(C)C(C)C1. The van der Waals surface area contributed by atoms with E-state index in [1.807, 2.05) is 13.1 Å². The molecule has 1 aromatic rings. The third-order valence-electron chi connectivity index (χ3n) is 4.25. The molecule has 1 aromatic carbocycles. The predicted octanol–water partition coefficient (Wildman–Crippen LogP) is 3.75. The minimum atomic E-state index is -0.251. The van der Waals surface area contributed by atoms with Gasteiger partial charge in [-0.3, -0.25) is 0 Å². The van der Waals surface area contributed by atoms with Crippen LogP contribution in [0.1, 0.15) is 38.7 Å². The van der Waals surface area contributed by atoms with E-state index in [1.165, 1.54) is 12.5 Å². The molecule has 1 aliphatic carbocycles. The van der Waals surface area contributed by atoms with Crippen LogP contribution in [-0.4, -0.2) is 13.2 Å². The summed E-state index contributed by atoms with van der Waals surface area (Å²) in [5, 5.41) is 3.06. The summed E-state index contributed by atoms with van der Waals surface area (Å²) in [5.74, 6) is 1.58. The number of nitrogens with one attached hydrogen (secondary N) is 1. The lowest BCUT2D eigenvalue weighted by molar-refractivity contribution is 0.0957. The van der Waals surface area contributed by atoms with Gasteiger partial charge in [0.25, 0.3) is 0 Å². The molecule has 19 heavy (non-hydrogen) atoms. The Kier molecular flexibility index (Phi) is 4.81. The van der Waals surface area contributed by atoms with Crippen LogP contribution >= 0.6 is 0 Å². The average Bonchev–Trinajstić information content (AvgIpc) is 2.38. The molecule has 0 radical (unpaired) electrons. The van der Waals surface area contributed by atoms with Crippen LogP contribution < -0.4 is 10.1 Å². The van der Waals surface area contributed by atoms with Crippen molar-refractivity contribution in [3.63, 3.8) is 0 Å². The summed E-state index contributed by atoms with van der Waals surface area (Å²) >= 11 is 0. The number of hydrogen-bond donors (Lipinski definition) is 1. The molecule has 3 heteroatoms. The van der Waals surface area contributed by atoms with E-state index < -0.39 is 0 Å². The molecule has 2 rings (SSSR count). The van der Waals surface area contributed by atoms with Crippen LogP contribution in [0.4, 0.5) is 4.39 Å². The Morgan fingerprint density at radius 2 is 2.05 bits per heavy atom. The molecule has 106 valence electrons. The van der Waals surface area contributed by atoms with E-state index in [9.17, 15) is 4.39 Å². The van der Waals surface area contributed by atoms with Gasteiger partial charge in [-0.1, -0.05) is 26.0 Å². The van der Waals surface area contributed by atoms with Crippen molar-refractivity contribution in [2.24, 2.45) is 11.8 Å². The molecule has 1 saturated carbocycles. The fraction of sp³-hybridized carbons (Fsp3) is 0.625. The van der Waals surface area contributed by atoms with E-state index in [0.717, 1.165) is 24.3 Å². The number of benzene rings is 1. The maximum Gasteiger partial charge on any atom is 0.165 e. The van der Waals surface area contributed by atoms with Crippen molar-refractivity contribution >= 4 is 0 Å². The highest BCUT2D eigenvalue weighted by molar-refractivity contribution is 5.35. The molecule has 0 spiro atoms. The molecule has 3 atom stereocenters. The van der Waals surface area contributed by atoms with Crippen LogP contribution in [0, 0.1) is 17.7 Å². The highest BCUT2D eigenvalue weighted by Gasteiger charge is 2.26. The Hall–Kier alpha value is -1.09. The maximum atomic E-state index is 13.9. The zero-order chi connectivity index (χ0) is 13.8. The van der Waals surface area contributed by atoms with Crippen molar-refractivity contribution in [3.05, 3.63) is 29.6 Å². The zero-order valence-corrected chi connectivity index (χ0v) is 12.1. The second-order valence-corrected chi connectivity index (χ2v) is 5.77. The summed E-state index contributed by atoms with van der Waals surface area (Å²) in [6.07, 6.45) is 3.37. The summed E-state index contributed by atoms with van der Waals surface area (Å²) in [7, 11) is 1.86. The summed E-state index contributed by atoms with van der Waals surface area (Å²) in [4.78, 5) is 0. The minimum absolute atomic E-state index is 0.152. The van der Waals surface area contributed by atoms with Crippen molar-refractivity contribution in [3.8, 4) is 5.75 Å². The highest BCUT2D eigenvalue weighted by Crippen LogP contribution is 2.33. The number of ether oxygens (including phenoxy) is 1. The molecule has 1 aliphatic rings. The fourth-order valence-corrected chi connectivity index (χ4v) is 2.79. The molecule has 0 aliphatic heterocycles. The Morgan fingerprint density at radius 3 is 2.74 bits per heavy atom. The van der Waals surface area contributed by atoms with Gasteiger partial charge >= 0.3 is 0 Å². The van der Waals surface area contributed by atoms with Crippen LogP contribution in [0.2, 0.25) is 0 Å². The van der Waals surface area contributed by atoms with Crippen molar-refractivity contribution in [2.75, 3.05) is 7.05 Å². The van der Waals surface area contributed by atoms with Gasteiger partial charge < -0.3 is 10.1 Å². The molecule has 0 amide bonds. The molecular formula is C16H24FNO. The number of para-hydroxylation sites is 1. The van der Waals surface area contributed by atoms with Gasteiger partial charge in [0.2, 0.25) is 0 Å². The van der Waals surface area contributed by atoms with Gasteiger partial charge in [0.05, 0.1) is 6.10 Å². The fourth-order valence-electron chi connectivity index (χ4n) is 2.79. The molecular weight excluding hydrogens is 241 g/mol. The van der Waals surface area contributed by atoms with Gasteiger partial charge in [-0.25, -0.2) is 4.39 Å². The first-order chi connectivity index (χ1) is 9.11. The van der Waals surface area contributed by atoms with Crippen LogP contribution in [0.25, 0.3) is 0 Å². The van der Waals surface area contributed by atoms with Crippen molar-refractivity contribution in [1.82, 2.24) is 5.32 Å². The summed E-state index contributed by atoms with van der Waals surface area (Å²) in [6.45, 7) is 5.18. The average molecular weight is 265 g/mol. The monoisotopic (exact) mass is 265 g/mol. The summed E-state index contributed by atoms with van der Waals surface area (Å²) in [6, 6.07) is 5.13. The molecule has 0 heterocycles. The van der Waals surface area contributed by atoms with Gasteiger partial charge in [-0.05, 0) is 44.2 Å². The van der Waals surface area contributed by atoms with Crippen LogP contribution in [0.15, 0.2) is 18.2 Å².